The van der Waals surface area contributed by atoms with E-state index in [1.807, 2.05) is 6.07 Å². The quantitative estimate of drug-likeness (QED) is 0.498. The molecule has 3 rings (SSSR count). The number of nitrogens with one attached hydrogen (secondary N) is 2. The summed E-state index contributed by atoms with van der Waals surface area (Å²) < 4.78 is 0. The third-order valence-corrected chi connectivity index (χ3v) is 4.22. The molecule has 0 aliphatic heterocycles. The molecule has 1 aromatic carbocycles. The fraction of sp³-hybridized carbons (Fsp3) is 0.421. The maximum atomic E-state index is 12.4. The molecule has 1 aromatic heterocycles. The minimum absolute atomic E-state index is 0.205. The molecule has 2 aromatic rings. The van der Waals surface area contributed by atoms with E-state index in [9.17, 15) is 4.79 Å². The van der Waals surface area contributed by atoms with E-state index in [1.54, 1.807) is 24.3 Å². The predicted molar refractivity (Wildman–Crippen MR) is 104 cm³/mol. The van der Waals surface area contributed by atoms with Gasteiger partial charge in [0.05, 0.1) is 5.69 Å². The van der Waals surface area contributed by atoms with Crippen LogP contribution in [0.4, 0.5) is 17.5 Å². The van der Waals surface area contributed by atoms with Crippen LogP contribution in [0.1, 0.15) is 41.2 Å². The Kier molecular flexibility index (Phi) is 5.68. The van der Waals surface area contributed by atoms with Crippen molar-refractivity contribution in [2.45, 2.75) is 25.2 Å². The van der Waals surface area contributed by atoms with Crippen molar-refractivity contribution < 1.29 is 4.79 Å². The zero-order valence-electron chi connectivity index (χ0n) is 15.3. The molecule has 26 heavy (non-hydrogen) atoms. The molecular formula is C19H26N6O. The lowest BCUT2D eigenvalue weighted by atomic mass is 10.2. The first-order valence-electron chi connectivity index (χ1n) is 8.96. The first-order valence-corrected chi connectivity index (χ1v) is 8.96. The number of nitrogens with two attached hydrogens (primary N) is 1. The summed E-state index contributed by atoms with van der Waals surface area (Å²) >= 11 is 0. The van der Waals surface area contributed by atoms with E-state index in [0.29, 0.717) is 28.9 Å². The smallest absolute Gasteiger partial charge is 0.256 e. The molecule has 0 saturated heterocycles. The molecule has 1 amide bonds. The van der Waals surface area contributed by atoms with Gasteiger partial charge in [-0.3, -0.25) is 4.79 Å². The summed E-state index contributed by atoms with van der Waals surface area (Å²) in [6.07, 6.45) is 3.28. The van der Waals surface area contributed by atoms with Crippen molar-refractivity contribution >= 4 is 23.4 Å². The van der Waals surface area contributed by atoms with Crippen LogP contribution < -0.4 is 16.4 Å². The summed E-state index contributed by atoms with van der Waals surface area (Å²) in [7, 11) is 4.10. The lowest BCUT2D eigenvalue weighted by molar-refractivity contribution is 0.102. The standard InChI is InChI=1S/C19H26N6O/c1-25(2)11-3-10-21-19-22-16(13-4-5-13)12-17(24-19)23-18(26)14-6-8-15(20)9-7-14/h6-9,12-13H,3-5,10-11,20H2,1-2H3,(H2,21,22,23,24,26). The van der Waals surface area contributed by atoms with Crippen molar-refractivity contribution in [1.29, 1.82) is 0 Å². The van der Waals surface area contributed by atoms with E-state index in [4.69, 9.17) is 5.73 Å². The molecule has 1 aliphatic rings. The van der Waals surface area contributed by atoms with Crippen LogP contribution in [-0.2, 0) is 0 Å². The van der Waals surface area contributed by atoms with Crippen LogP contribution in [0.25, 0.3) is 0 Å². The van der Waals surface area contributed by atoms with Gasteiger partial charge in [-0.25, -0.2) is 4.98 Å². The van der Waals surface area contributed by atoms with Crippen molar-refractivity contribution in [3.8, 4) is 0 Å². The average molecular weight is 354 g/mol. The molecule has 1 saturated carbocycles. The second-order valence-corrected chi connectivity index (χ2v) is 6.94. The van der Waals surface area contributed by atoms with Crippen LogP contribution in [0, 0.1) is 0 Å². The molecule has 1 aliphatic carbocycles. The zero-order chi connectivity index (χ0) is 18.5. The molecule has 7 nitrogen and oxygen atoms in total. The number of nitrogen functional groups attached to an aromatic ring is 1. The van der Waals surface area contributed by atoms with Gasteiger partial charge < -0.3 is 21.3 Å². The van der Waals surface area contributed by atoms with Gasteiger partial charge in [0, 0.05) is 29.8 Å². The van der Waals surface area contributed by atoms with E-state index in [0.717, 1.165) is 38.0 Å². The van der Waals surface area contributed by atoms with Crippen LogP contribution in [0.5, 0.6) is 0 Å². The molecule has 0 spiro atoms. The zero-order valence-corrected chi connectivity index (χ0v) is 15.3. The Hall–Kier alpha value is -2.67. The van der Waals surface area contributed by atoms with Gasteiger partial charge in [0.25, 0.3) is 5.91 Å². The molecule has 0 unspecified atom stereocenters. The summed E-state index contributed by atoms with van der Waals surface area (Å²) in [6.45, 7) is 1.79. The van der Waals surface area contributed by atoms with Crippen molar-refractivity contribution in [2.24, 2.45) is 0 Å². The SMILES string of the molecule is CN(C)CCCNc1nc(NC(=O)c2ccc(N)cc2)cc(C2CC2)n1. The van der Waals surface area contributed by atoms with Crippen LogP contribution in [0.3, 0.4) is 0 Å². The Balaban J connectivity index is 1.69. The van der Waals surface area contributed by atoms with E-state index in [1.165, 1.54) is 0 Å². The molecule has 138 valence electrons. The van der Waals surface area contributed by atoms with Crippen LogP contribution >= 0.6 is 0 Å². The van der Waals surface area contributed by atoms with E-state index >= 15 is 0 Å². The molecule has 0 bridgehead atoms. The van der Waals surface area contributed by atoms with Crippen LogP contribution in [0.15, 0.2) is 30.3 Å². The third-order valence-electron chi connectivity index (χ3n) is 4.22. The molecule has 1 heterocycles. The van der Waals surface area contributed by atoms with Crippen LogP contribution in [0.2, 0.25) is 0 Å². The Labute approximate surface area is 154 Å². The van der Waals surface area contributed by atoms with E-state index < -0.39 is 0 Å². The van der Waals surface area contributed by atoms with Crippen LogP contribution in [-0.4, -0.2) is 48.0 Å². The number of carbonyl (C=O) groups is 1. The van der Waals surface area contributed by atoms with Gasteiger partial charge in [0.15, 0.2) is 0 Å². The van der Waals surface area contributed by atoms with E-state index in [-0.39, 0.29) is 5.91 Å². The maximum Gasteiger partial charge on any atom is 0.256 e. The minimum atomic E-state index is -0.205. The number of hydrogen-bond donors (Lipinski definition) is 3. The van der Waals surface area contributed by atoms with Crippen molar-refractivity contribution in [1.82, 2.24) is 14.9 Å². The van der Waals surface area contributed by atoms with Gasteiger partial charge in [-0.05, 0) is 64.2 Å². The maximum absolute atomic E-state index is 12.4. The average Bonchev–Trinajstić information content (AvgIpc) is 3.44. The molecular weight excluding hydrogens is 328 g/mol. The Morgan fingerprint density at radius 1 is 1.23 bits per heavy atom. The van der Waals surface area contributed by atoms with Crippen molar-refractivity contribution in [3.63, 3.8) is 0 Å². The summed E-state index contributed by atoms with van der Waals surface area (Å²) in [5, 5.41) is 6.14. The van der Waals surface area contributed by atoms with Gasteiger partial charge in [-0.1, -0.05) is 0 Å². The second kappa shape index (κ2) is 8.14. The highest BCUT2D eigenvalue weighted by molar-refractivity contribution is 6.04. The number of amides is 1. The van der Waals surface area contributed by atoms with Gasteiger partial charge in [-0.2, -0.15) is 4.98 Å². The lowest BCUT2D eigenvalue weighted by Gasteiger charge is -2.12. The number of hydrogen-bond acceptors (Lipinski definition) is 6. The van der Waals surface area contributed by atoms with Gasteiger partial charge >= 0.3 is 0 Å². The fourth-order valence-corrected chi connectivity index (χ4v) is 2.62. The van der Waals surface area contributed by atoms with Gasteiger partial charge in [0.2, 0.25) is 5.95 Å². The Morgan fingerprint density at radius 3 is 2.62 bits per heavy atom. The highest BCUT2D eigenvalue weighted by atomic mass is 16.1. The molecule has 4 N–H and O–H groups in total. The summed E-state index contributed by atoms with van der Waals surface area (Å²) in [6, 6.07) is 8.70. The predicted octanol–water partition coefficient (Wildman–Crippen LogP) is 2.55. The van der Waals surface area contributed by atoms with E-state index in [2.05, 4.69) is 39.6 Å². The lowest BCUT2D eigenvalue weighted by Crippen LogP contribution is -2.18. The largest absolute Gasteiger partial charge is 0.399 e. The second-order valence-electron chi connectivity index (χ2n) is 6.94. The van der Waals surface area contributed by atoms with Gasteiger partial charge in [-0.15, -0.1) is 0 Å². The topological polar surface area (TPSA) is 96.2 Å². The monoisotopic (exact) mass is 354 g/mol. The Bertz CT molecular complexity index is 755. The highest BCUT2D eigenvalue weighted by Crippen LogP contribution is 2.39. The fourth-order valence-electron chi connectivity index (χ4n) is 2.62. The molecule has 0 radical (unpaired) electrons. The van der Waals surface area contributed by atoms with Crippen molar-refractivity contribution in [2.75, 3.05) is 43.6 Å². The normalized spacial score (nSPS) is 13.7. The number of aromatic nitrogens is 2. The summed E-state index contributed by atoms with van der Waals surface area (Å²) in [5.74, 6) is 1.37. The number of carbonyl (C=O) groups excluding carboxylic acids is 1. The number of nitrogens with zero attached hydrogens (tertiary/aromatic N) is 3. The third kappa shape index (κ3) is 5.16. The minimum Gasteiger partial charge on any atom is -0.399 e. The summed E-state index contributed by atoms with van der Waals surface area (Å²) in [4.78, 5) is 23.6. The highest BCUT2D eigenvalue weighted by Gasteiger charge is 2.26. The first kappa shape index (κ1) is 18.1. The summed E-state index contributed by atoms with van der Waals surface area (Å²) in [5.41, 5.74) is 7.84. The molecule has 0 atom stereocenters. The number of anilines is 3. The Morgan fingerprint density at radius 2 is 1.96 bits per heavy atom. The first-order chi connectivity index (χ1) is 12.5. The number of benzene rings is 1. The molecule has 7 heteroatoms. The number of rotatable bonds is 8. The van der Waals surface area contributed by atoms with Crippen molar-refractivity contribution in [3.05, 3.63) is 41.6 Å². The molecule has 1 fully saturated rings. The van der Waals surface area contributed by atoms with Gasteiger partial charge in [0.1, 0.15) is 5.82 Å².